The largest absolute Gasteiger partial charge is 0.368 e. The van der Waals surface area contributed by atoms with Crippen molar-refractivity contribution in [3.05, 3.63) is 99.6 Å². The van der Waals surface area contributed by atoms with Crippen LogP contribution in [0.1, 0.15) is 28.7 Å². The molecular formula is C29H24ClF2N7. The summed E-state index contributed by atoms with van der Waals surface area (Å²) in [6, 6.07) is 16.3. The van der Waals surface area contributed by atoms with Crippen molar-refractivity contribution in [3.63, 3.8) is 0 Å². The molecule has 196 valence electrons. The number of hydrogen-bond acceptors (Lipinski definition) is 6. The van der Waals surface area contributed by atoms with E-state index in [1.807, 2.05) is 29.2 Å². The number of nitrogen functional groups attached to an aromatic ring is 1. The van der Waals surface area contributed by atoms with Crippen LogP contribution in [0.25, 0.3) is 22.5 Å². The van der Waals surface area contributed by atoms with E-state index in [1.54, 1.807) is 18.2 Å². The molecule has 6 rings (SSSR count). The van der Waals surface area contributed by atoms with Gasteiger partial charge in [-0.1, -0.05) is 48.0 Å². The molecule has 0 saturated carbocycles. The van der Waals surface area contributed by atoms with E-state index in [-0.39, 0.29) is 29.8 Å². The number of halogens is 3. The molecule has 1 unspecified atom stereocenters. The number of nitrogens with two attached hydrogens (primary N) is 2. The van der Waals surface area contributed by atoms with Crippen molar-refractivity contribution < 1.29 is 8.78 Å². The van der Waals surface area contributed by atoms with Crippen molar-refractivity contribution in [2.45, 2.75) is 19.0 Å². The van der Waals surface area contributed by atoms with Gasteiger partial charge in [-0.05, 0) is 30.7 Å². The van der Waals surface area contributed by atoms with Crippen molar-refractivity contribution in [1.82, 2.24) is 14.9 Å². The molecule has 0 spiro atoms. The molecule has 1 aromatic heterocycles. The fourth-order valence-electron chi connectivity index (χ4n) is 5.17. The Labute approximate surface area is 228 Å². The van der Waals surface area contributed by atoms with Crippen molar-refractivity contribution in [1.29, 1.82) is 5.41 Å². The van der Waals surface area contributed by atoms with Crippen LogP contribution in [-0.2, 0) is 6.54 Å². The number of aromatic nitrogens is 2. The molecular weight excluding hydrogens is 520 g/mol. The summed E-state index contributed by atoms with van der Waals surface area (Å²) in [6.45, 7) is 1.47. The maximum atomic E-state index is 14.9. The minimum Gasteiger partial charge on any atom is -0.368 e. The third-order valence-electron chi connectivity index (χ3n) is 7.08. The van der Waals surface area contributed by atoms with Crippen LogP contribution in [-0.4, -0.2) is 45.5 Å². The first-order valence-electron chi connectivity index (χ1n) is 12.5. The zero-order valence-electron chi connectivity index (χ0n) is 20.8. The van der Waals surface area contributed by atoms with Crippen LogP contribution in [0.3, 0.4) is 0 Å². The summed E-state index contributed by atoms with van der Waals surface area (Å²) in [5.41, 5.74) is 16.4. The molecule has 3 aromatic carbocycles. The SMILES string of the molecule is N=C(c1ccc(-c2nc(N)nc3c2CN=C(c2c(F)cccc2F)c2cc(Cl)ccc2-3)cc1)N1CCC(N)C1. The Morgan fingerprint density at radius 3 is 2.38 bits per heavy atom. The zero-order valence-corrected chi connectivity index (χ0v) is 21.5. The van der Waals surface area contributed by atoms with Gasteiger partial charge in [-0.25, -0.2) is 18.7 Å². The van der Waals surface area contributed by atoms with Gasteiger partial charge in [0.1, 0.15) is 17.5 Å². The van der Waals surface area contributed by atoms with E-state index >= 15 is 0 Å². The van der Waals surface area contributed by atoms with Crippen LogP contribution in [0.2, 0.25) is 5.02 Å². The molecule has 10 heteroatoms. The highest BCUT2D eigenvalue weighted by molar-refractivity contribution is 6.31. The monoisotopic (exact) mass is 543 g/mol. The maximum Gasteiger partial charge on any atom is 0.221 e. The molecule has 0 radical (unpaired) electrons. The van der Waals surface area contributed by atoms with E-state index in [0.717, 1.165) is 24.1 Å². The number of likely N-dealkylation sites (tertiary alicyclic amines) is 1. The molecule has 2 aliphatic heterocycles. The average molecular weight is 544 g/mol. The molecule has 4 aromatic rings. The number of aliphatic imine (C=N–C) groups is 1. The summed E-state index contributed by atoms with van der Waals surface area (Å²) in [6.07, 6.45) is 0.860. The lowest BCUT2D eigenvalue weighted by atomic mass is 9.93. The average Bonchev–Trinajstić information content (AvgIpc) is 3.30. The van der Waals surface area contributed by atoms with E-state index in [1.165, 1.54) is 18.2 Å². The lowest BCUT2D eigenvalue weighted by Gasteiger charge is -2.19. The van der Waals surface area contributed by atoms with Gasteiger partial charge in [0.2, 0.25) is 5.95 Å². The number of amidine groups is 1. The van der Waals surface area contributed by atoms with E-state index < -0.39 is 11.6 Å². The van der Waals surface area contributed by atoms with Crippen LogP contribution in [0.4, 0.5) is 14.7 Å². The lowest BCUT2D eigenvalue weighted by molar-refractivity contribution is 0.507. The predicted octanol–water partition coefficient (Wildman–Crippen LogP) is 5.03. The molecule has 1 atom stereocenters. The molecule has 1 fully saturated rings. The Kier molecular flexibility index (Phi) is 6.32. The Morgan fingerprint density at radius 1 is 0.974 bits per heavy atom. The first kappa shape index (κ1) is 25.1. The molecule has 0 bridgehead atoms. The Morgan fingerprint density at radius 2 is 1.69 bits per heavy atom. The number of hydrogen-bond donors (Lipinski definition) is 3. The quantitative estimate of drug-likeness (QED) is 0.247. The number of fused-ring (bicyclic) bond motifs is 3. The van der Waals surface area contributed by atoms with Crippen LogP contribution in [0, 0.1) is 17.0 Å². The second-order valence-corrected chi connectivity index (χ2v) is 10.1. The van der Waals surface area contributed by atoms with Crippen LogP contribution in [0.5, 0.6) is 0 Å². The van der Waals surface area contributed by atoms with Gasteiger partial charge in [-0.15, -0.1) is 0 Å². The van der Waals surface area contributed by atoms with Gasteiger partial charge < -0.3 is 16.4 Å². The first-order valence-corrected chi connectivity index (χ1v) is 12.8. The minimum absolute atomic E-state index is 0.0491. The predicted molar refractivity (Wildman–Crippen MR) is 149 cm³/mol. The number of anilines is 1. The molecule has 0 aliphatic carbocycles. The van der Waals surface area contributed by atoms with Gasteiger partial charge in [0, 0.05) is 52.0 Å². The summed E-state index contributed by atoms with van der Waals surface area (Å²) >= 11 is 6.32. The van der Waals surface area contributed by atoms with Crippen molar-refractivity contribution >= 4 is 29.1 Å². The summed E-state index contributed by atoms with van der Waals surface area (Å²) in [7, 11) is 0. The van der Waals surface area contributed by atoms with Gasteiger partial charge in [0.25, 0.3) is 0 Å². The number of nitrogens with one attached hydrogen (secondary N) is 1. The topological polar surface area (TPSA) is 117 Å². The fourth-order valence-corrected chi connectivity index (χ4v) is 5.34. The summed E-state index contributed by atoms with van der Waals surface area (Å²) in [5.74, 6) is -0.988. The van der Waals surface area contributed by atoms with Crippen molar-refractivity contribution in [3.8, 4) is 22.5 Å². The van der Waals surface area contributed by atoms with Gasteiger partial charge in [-0.3, -0.25) is 10.4 Å². The summed E-state index contributed by atoms with van der Waals surface area (Å²) < 4.78 is 29.8. The lowest BCUT2D eigenvalue weighted by Crippen LogP contribution is -2.31. The van der Waals surface area contributed by atoms with Gasteiger partial charge in [-0.2, -0.15) is 0 Å². The zero-order chi connectivity index (χ0) is 27.3. The highest BCUT2D eigenvalue weighted by Gasteiger charge is 2.27. The molecule has 3 heterocycles. The molecule has 0 amide bonds. The Balaban J connectivity index is 1.47. The smallest absolute Gasteiger partial charge is 0.221 e. The molecule has 1 saturated heterocycles. The molecule has 5 N–H and O–H groups in total. The number of rotatable bonds is 3. The molecule has 7 nitrogen and oxygen atoms in total. The van der Waals surface area contributed by atoms with Gasteiger partial charge in [0.15, 0.2) is 0 Å². The number of benzene rings is 3. The standard InChI is InChI=1S/C29H24ClF2N7/c30-17-8-9-19-20(12-17)27(24-22(31)2-1-3-23(24)32)36-13-21-25(37-29(35)38-26(19)21)15-4-6-16(7-5-15)28(34)39-11-10-18(33)14-39/h1-9,12,18,34H,10-11,13-14,33H2,(H2,35,37,38). The first-order chi connectivity index (χ1) is 18.8. The van der Waals surface area contributed by atoms with Crippen molar-refractivity contribution in [2.24, 2.45) is 10.7 Å². The van der Waals surface area contributed by atoms with E-state index in [4.69, 9.17) is 28.5 Å². The number of nitrogens with zero attached hydrogens (tertiary/aromatic N) is 4. The normalized spacial score (nSPS) is 16.4. The molecule has 39 heavy (non-hydrogen) atoms. The van der Waals surface area contributed by atoms with E-state index in [2.05, 4.69) is 15.0 Å². The second-order valence-electron chi connectivity index (χ2n) is 9.63. The molecule has 2 aliphatic rings. The third-order valence-corrected chi connectivity index (χ3v) is 7.32. The highest BCUT2D eigenvalue weighted by Crippen LogP contribution is 2.38. The fraction of sp³-hybridized carbons (Fsp3) is 0.172. The van der Waals surface area contributed by atoms with Gasteiger partial charge in [0.05, 0.1) is 29.2 Å². The Hall–Kier alpha value is -4.21. The maximum absolute atomic E-state index is 14.9. The highest BCUT2D eigenvalue weighted by atomic mass is 35.5. The van der Waals surface area contributed by atoms with Crippen molar-refractivity contribution in [2.75, 3.05) is 18.8 Å². The van der Waals surface area contributed by atoms with Gasteiger partial charge >= 0.3 is 0 Å². The minimum atomic E-state index is -0.728. The van der Waals surface area contributed by atoms with E-state index in [0.29, 0.717) is 45.5 Å². The van der Waals surface area contributed by atoms with Crippen LogP contribution < -0.4 is 11.5 Å². The van der Waals surface area contributed by atoms with Crippen LogP contribution in [0.15, 0.2) is 65.7 Å². The van der Waals surface area contributed by atoms with Crippen LogP contribution >= 0.6 is 11.6 Å². The summed E-state index contributed by atoms with van der Waals surface area (Å²) in [5, 5.41) is 8.97. The summed E-state index contributed by atoms with van der Waals surface area (Å²) in [4.78, 5) is 15.7. The third kappa shape index (κ3) is 4.53. The second kappa shape index (κ2) is 9.83. The Bertz CT molecular complexity index is 1630. The van der Waals surface area contributed by atoms with E-state index in [9.17, 15) is 8.78 Å².